The Labute approximate surface area is 210 Å². The lowest BCUT2D eigenvalue weighted by molar-refractivity contribution is 0.391. The van der Waals surface area contributed by atoms with Crippen molar-refractivity contribution in [2.45, 2.75) is 12.5 Å². The number of hydrazone groups is 1. The molecule has 0 spiro atoms. The summed E-state index contributed by atoms with van der Waals surface area (Å²) in [6, 6.07) is 22.9. The lowest BCUT2D eigenvalue weighted by Gasteiger charge is -2.26. The average Bonchev–Trinajstić information content (AvgIpc) is 3.37. The number of phenols is 1. The van der Waals surface area contributed by atoms with Gasteiger partial charge in [-0.25, -0.2) is 0 Å². The highest BCUT2D eigenvalue weighted by molar-refractivity contribution is 6.09. The molecule has 1 aliphatic rings. The minimum absolute atomic E-state index is 0.197. The largest absolute Gasteiger partial charge is 0.507 e. The summed E-state index contributed by atoms with van der Waals surface area (Å²) in [5.41, 5.74) is 3.20. The van der Waals surface area contributed by atoms with Gasteiger partial charge in [0.1, 0.15) is 34.4 Å². The first-order valence-corrected chi connectivity index (χ1v) is 11.6. The van der Waals surface area contributed by atoms with Gasteiger partial charge in [-0.1, -0.05) is 30.3 Å². The zero-order valence-electron chi connectivity index (χ0n) is 20.7. The molecule has 0 saturated carbocycles. The Kier molecular flexibility index (Phi) is 6.29. The van der Waals surface area contributed by atoms with Gasteiger partial charge in [0.2, 0.25) is 0 Å². The fraction of sp³-hybridized carbons (Fsp3) is 0.207. The Morgan fingerprint density at radius 3 is 2.19 bits per heavy atom. The monoisotopic (exact) mass is 484 g/mol. The minimum Gasteiger partial charge on any atom is -0.507 e. The number of fused-ring (bicyclic) bond motifs is 1. The van der Waals surface area contributed by atoms with Crippen molar-refractivity contribution in [3.05, 3.63) is 83.9 Å². The van der Waals surface area contributed by atoms with Crippen LogP contribution in [0.15, 0.2) is 77.9 Å². The molecule has 0 aliphatic carbocycles. The van der Waals surface area contributed by atoms with E-state index in [1.165, 1.54) is 0 Å². The fourth-order valence-electron chi connectivity index (χ4n) is 4.64. The Hall–Kier alpha value is -4.39. The molecule has 1 aliphatic heterocycles. The molecule has 7 nitrogen and oxygen atoms in total. The Morgan fingerprint density at radius 2 is 1.50 bits per heavy atom. The van der Waals surface area contributed by atoms with Crippen LogP contribution in [0.5, 0.6) is 28.7 Å². The van der Waals surface area contributed by atoms with Crippen LogP contribution < -0.4 is 24.0 Å². The molecule has 7 heteroatoms. The second kappa shape index (κ2) is 9.70. The highest BCUT2D eigenvalue weighted by Crippen LogP contribution is 2.44. The molecule has 0 radical (unpaired) electrons. The van der Waals surface area contributed by atoms with Gasteiger partial charge >= 0.3 is 0 Å². The molecule has 0 bridgehead atoms. The summed E-state index contributed by atoms with van der Waals surface area (Å²) in [7, 11) is 6.51. The Bertz CT molecular complexity index is 1430. The maximum absolute atomic E-state index is 11.2. The second-order valence-corrected chi connectivity index (χ2v) is 8.48. The molecule has 36 heavy (non-hydrogen) atoms. The van der Waals surface area contributed by atoms with E-state index >= 15 is 0 Å². The van der Waals surface area contributed by atoms with Crippen molar-refractivity contribution in [1.82, 2.24) is 0 Å². The summed E-state index contributed by atoms with van der Waals surface area (Å²) in [6.45, 7) is 0. The number of benzene rings is 4. The molecule has 4 aromatic rings. The van der Waals surface area contributed by atoms with E-state index in [-0.39, 0.29) is 11.8 Å². The summed E-state index contributed by atoms with van der Waals surface area (Å²) in [4.78, 5) is 0. The number of hydrogen-bond acceptors (Lipinski definition) is 7. The highest BCUT2D eigenvalue weighted by atomic mass is 16.5. The second-order valence-electron chi connectivity index (χ2n) is 8.48. The maximum Gasteiger partial charge on any atom is 0.147 e. The fourth-order valence-corrected chi connectivity index (χ4v) is 4.64. The Morgan fingerprint density at radius 1 is 0.778 bits per heavy atom. The lowest BCUT2D eigenvalue weighted by Crippen LogP contribution is -2.19. The molecule has 1 unspecified atom stereocenters. The first kappa shape index (κ1) is 23.4. The van der Waals surface area contributed by atoms with E-state index in [9.17, 15) is 5.11 Å². The Balaban J connectivity index is 1.66. The van der Waals surface area contributed by atoms with Gasteiger partial charge in [-0.05, 0) is 41.3 Å². The smallest absolute Gasteiger partial charge is 0.147 e. The minimum atomic E-state index is -0.197. The van der Waals surface area contributed by atoms with Crippen molar-refractivity contribution in [2.24, 2.45) is 5.10 Å². The average molecular weight is 485 g/mol. The number of phenolic OH excluding ortho intramolecular Hbond substituents is 1. The first-order chi connectivity index (χ1) is 17.6. The van der Waals surface area contributed by atoms with Crippen LogP contribution >= 0.6 is 0 Å². The SMILES string of the molecule is COc1cc(OC)cc(C2CC(c3ccc4ccccc4c3O)=NN2c2ccc(OC)cc2OC)c1. The normalized spacial score (nSPS) is 15.1. The molecule has 1 N–H and O–H groups in total. The molecule has 0 amide bonds. The summed E-state index contributed by atoms with van der Waals surface area (Å²) in [5.74, 6) is 2.91. The van der Waals surface area contributed by atoms with Crippen molar-refractivity contribution < 1.29 is 24.1 Å². The number of nitrogens with zero attached hydrogens (tertiary/aromatic N) is 2. The third-order valence-electron chi connectivity index (χ3n) is 6.51. The molecular formula is C29H28N2O5. The van der Waals surface area contributed by atoms with Crippen LogP contribution in [0.4, 0.5) is 5.69 Å². The van der Waals surface area contributed by atoms with E-state index in [4.69, 9.17) is 24.0 Å². The van der Waals surface area contributed by atoms with Crippen LogP contribution in [0, 0.1) is 0 Å². The maximum atomic E-state index is 11.2. The number of aromatic hydroxyl groups is 1. The third kappa shape index (κ3) is 4.13. The first-order valence-electron chi connectivity index (χ1n) is 11.6. The predicted molar refractivity (Wildman–Crippen MR) is 141 cm³/mol. The number of ether oxygens (including phenoxy) is 4. The molecule has 0 aromatic heterocycles. The van der Waals surface area contributed by atoms with Gasteiger partial charge in [0.15, 0.2) is 0 Å². The van der Waals surface area contributed by atoms with Crippen LogP contribution in [-0.2, 0) is 0 Å². The summed E-state index contributed by atoms with van der Waals surface area (Å²) in [5, 5.41) is 19.9. The van der Waals surface area contributed by atoms with E-state index in [1.807, 2.05) is 77.8 Å². The van der Waals surface area contributed by atoms with Gasteiger partial charge in [0, 0.05) is 29.5 Å². The van der Waals surface area contributed by atoms with Gasteiger partial charge in [-0.2, -0.15) is 5.10 Å². The molecule has 5 rings (SSSR count). The van der Waals surface area contributed by atoms with E-state index in [2.05, 4.69) is 0 Å². The zero-order chi connectivity index (χ0) is 25.2. The van der Waals surface area contributed by atoms with Crippen molar-refractivity contribution >= 4 is 22.2 Å². The van der Waals surface area contributed by atoms with Gasteiger partial charge < -0.3 is 24.1 Å². The van der Waals surface area contributed by atoms with E-state index < -0.39 is 0 Å². The molecule has 0 saturated heterocycles. The standard InChI is InChI=1S/C29H28N2O5/c1-33-20-10-12-26(28(16-20)36-4)31-27(19-13-21(34-2)15-22(14-19)35-3)17-25(30-31)24-11-9-18-7-5-6-8-23(18)29(24)32/h5-16,27,32H,17H2,1-4H3. The molecule has 4 aromatic carbocycles. The van der Waals surface area contributed by atoms with Crippen LogP contribution in [0.25, 0.3) is 10.8 Å². The summed E-state index contributed by atoms with van der Waals surface area (Å²) in [6.07, 6.45) is 0.553. The van der Waals surface area contributed by atoms with Gasteiger partial charge in [-0.3, -0.25) is 5.01 Å². The van der Waals surface area contributed by atoms with Gasteiger partial charge in [0.25, 0.3) is 0 Å². The van der Waals surface area contributed by atoms with E-state index in [0.717, 1.165) is 27.7 Å². The van der Waals surface area contributed by atoms with E-state index in [1.54, 1.807) is 28.4 Å². The van der Waals surface area contributed by atoms with Crippen molar-refractivity contribution in [1.29, 1.82) is 0 Å². The number of hydrogen-bond donors (Lipinski definition) is 1. The van der Waals surface area contributed by atoms with Gasteiger partial charge in [0.05, 0.1) is 40.2 Å². The number of rotatable bonds is 7. The predicted octanol–water partition coefficient (Wildman–Crippen LogP) is 5.94. The van der Waals surface area contributed by atoms with Crippen LogP contribution in [-0.4, -0.2) is 39.3 Å². The van der Waals surface area contributed by atoms with Gasteiger partial charge in [-0.15, -0.1) is 0 Å². The number of anilines is 1. The van der Waals surface area contributed by atoms with Crippen LogP contribution in [0.1, 0.15) is 23.6 Å². The highest BCUT2D eigenvalue weighted by Gasteiger charge is 2.33. The molecule has 184 valence electrons. The third-order valence-corrected chi connectivity index (χ3v) is 6.51. The molecule has 0 fully saturated rings. The quantitative estimate of drug-likeness (QED) is 0.350. The van der Waals surface area contributed by atoms with Crippen LogP contribution in [0.3, 0.4) is 0 Å². The molecule has 1 atom stereocenters. The number of methoxy groups -OCH3 is 4. The topological polar surface area (TPSA) is 72.8 Å². The molecular weight excluding hydrogens is 456 g/mol. The zero-order valence-corrected chi connectivity index (χ0v) is 20.7. The van der Waals surface area contributed by atoms with Crippen molar-refractivity contribution in [3.8, 4) is 28.7 Å². The van der Waals surface area contributed by atoms with E-state index in [0.29, 0.717) is 35.0 Å². The van der Waals surface area contributed by atoms with Crippen LogP contribution in [0.2, 0.25) is 0 Å². The summed E-state index contributed by atoms with van der Waals surface area (Å²) >= 11 is 0. The summed E-state index contributed by atoms with van der Waals surface area (Å²) < 4.78 is 22.2. The molecule has 1 heterocycles. The van der Waals surface area contributed by atoms with Crippen molar-refractivity contribution in [3.63, 3.8) is 0 Å². The van der Waals surface area contributed by atoms with Crippen molar-refractivity contribution in [2.75, 3.05) is 33.4 Å². The lowest BCUT2D eigenvalue weighted by atomic mass is 9.95.